The van der Waals surface area contributed by atoms with Crippen LogP contribution in [0, 0.1) is 0 Å². The van der Waals surface area contributed by atoms with Gasteiger partial charge in [-0.05, 0) is 75.2 Å². The summed E-state index contributed by atoms with van der Waals surface area (Å²) in [5.74, 6) is 0.660. The lowest BCUT2D eigenvalue weighted by Gasteiger charge is -2.13. The van der Waals surface area contributed by atoms with Gasteiger partial charge in [-0.1, -0.05) is 133 Å². The first kappa shape index (κ1) is 27.0. The molecule has 0 spiro atoms. The van der Waals surface area contributed by atoms with E-state index in [-0.39, 0.29) is 0 Å². The van der Waals surface area contributed by atoms with E-state index in [1.807, 2.05) is 12.3 Å². The lowest BCUT2D eigenvalue weighted by atomic mass is 9.92. The first-order valence-electron chi connectivity index (χ1n) is 15.9. The summed E-state index contributed by atoms with van der Waals surface area (Å²) in [6, 6.07) is 60.2. The van der Waals surface area contributed by atoms with Crippen molar-refractivity contribution in [3.8, 4) is 50.6 Å². The summed E-state index contributed by atoms with van der Waals surface area (Å²) in [5, 5.41) is 4.77. The summed E-state index contributed by atoms with van der Waals surface area (Å²) in [7, 11) is 0. The summed E-state index contributed by atoms with van der Waals surface area (Å²) in [5.41, 5.74) is 11.2. The van der Waals surface area contributed by atoms with E-state index in [1.54, 1.807) is 0 Å². The predicted molar refractivity (Wildman–Crippen MR) is 196 cm³/mol. The first-order chi connectivity index (χ1) is 23.3. The van der Waals surface area contributed by atoms with E-state index in [2.05, 4.69) is 168 Å². The molecule has 0 bridgehead atoms. The SMILES string of the molecule is c1ccc(-c2cc(-c3ccccc3)cc(-c3cccc(-c4ccnc(-n5c6ccccc6c6ccc7ccccc7c65)n4)c3)c2)cc1. The molecular formula is C44H29N3. The van der Waals surface area contributed by atoms with Gasteiger partial charge in [0, 0.05) is 27.9 Å². The second-order valence-corrected chi connectivity index (χ2v) is 11.9. The number of fused-ring (bicyclic) bond motifs is 5. The van der Waals surface area contributed by atoms with Crippen molar-refractivity contribution < 1.29 is 0 Å². The van der Waals surface area contributed by atoms with Crippen molar-refractivity contribution in [3.63, 3.8) is 0 Å². The van der Waals surface area contributed by atoms with Crippen molar-refractivity contribution in [3.05, 3.63) is 176 Å². The standard InChI is InChI=1S/C44H29N3/c1-3-12-30(13-4-1)35-27-36(31-14-5-2-6-15-31)29-37(28-35)33-17-11-18-34(26-33)41-24-25-45-44(46-41)47-42-21-10-9-20-39(42)40-23-22-32-16-7-8-19-38(32)43(40)47/h1-29H. The zero-order chi connectivity index (χ0) is 31.2. The largest absolute Gasteiger partial charge is 0.277 e. The van der Waals surface area contributed by atoms with Gasteiger partial charge in [-0.3, -0.25) is 4.57 Å². The highest BCUT2D eigenvalue weighted by atomic mass is 15.2. The number of rotatable bonds is 5. The lowest BCUT2D eigenvalue weighted by Crippen LogP contribution is -2.02. The van der Waals surface area contributed by atoms with Crippen LogP contribution in [0.2, 0.25) is 0 Å². The third kappa shape index (κ3) is 4.77. The Morgan fingerprint density at radius 1 is 0.383 bits per heavy atom. The normalized spacial score (nSPS) is 11.4. The van der Waals surface area contributed by atoms with Crippen molar-refractivity contribution in [2.24, 2.45) is 0 Å². The average Bonchev–Trinajstić information content (AvgIpc) is 3.50. The first-order valence-corrected chi connectivity index (χ1v) is 15.9. The van der Waals surface area contributed by atoms with Crippen molar-refractivity contribution in [1.29, 1.82) is 0 Å². The molecule has 2 heterocycles. The van der Waals surface area contributed by atoms with Gasteiger partial charge in [0.25, 0.3) is 0 Å². The molecule has 9 aromatic rings. The van der Waals surface area contributed by atoms with Crippen LogP contribution in [-0.4, -0.2) is 14.5 Å². The molecule has 3 heteroatoms. The van der Waals surface area contributed by atoms with Gasteiger partial charge in [-0.25, -0.2) is 9.97 Å². The Morgan fingerprint density at radius 2 is 0.957 bits per heavy atom. The van der Waals surface area contributed by atoms with Crippen LogP contribution in [0.1, 0.15) is 0 Å². The van der Waals surface area contributed by atoms with Gasteiger partial charge in [0.05, 0.1) is 16.7 Å². The monoisotopic (exact) mass is 599 g/mol. The van der Waals surface area contributed by atoms with Gasteiger partial charge in [0.1, 0.15) is 0 Å². The van der Waals surface area contributed by atoms with Crippen molar-refractivity contribution in [1.82, 2.24) is 14.5 Å². The molecule has 0 N–H and O–H groups in total. The third-order valence-electron chi connectivity index (χ3n) is 9.04. The Bertz CT molecular complexity index is 2510. The molecule has 0 aliphatic rings. The summed E-state index contributed by atoms with van der Waals surface area (Å²) >= 11 is 0. The third-order valence-corrected chi connectivity index (χ3v) is 9.04. The molecule has 0 atom stereocenters. The molecule has 0 saturated heterocycles. The maximum absolute atomic E-state index is 5.21. The Kier molecular flexibility index (Phi) is 6.46. The van der Waals surface area contributed by atoms with E-state index < -0.39 is 0 Å². The molecule has 0 amide bonds. The fourth-order valence-corrected chi connectivity index (χ4v) is 6.80. The van der Waals surface area contributed by atoms with Gasteiger partial charge in [0.2, 0.25) is 5.95 Å². The summed E-state index contributed by atoms with van der Waals surface area (Å²) in [4.78, 5) is 10.0. The van der Waals surface area contributed by atoms with Gasteiger partial charge >= 0.3 is 0 Å². The molecule has 0 radical (unpaired) electrons. The number of nitrogens with zero attached hydrogens (tertiary/aromatic N) is 3. The Labute approximate surface area is 273 Å². The zero-order valence-electron chi connectivity index (χ0n) is 25.6. The maximum atomic E-state index is 5.21. The molecule has 47 heavy (non-hydrogen) atoms. The summed E-state index contributed by atoms with van der Waals surface area (Å²) in [6.45, 7) is 0. The minimum Gasteiger partial charge on any atom is -0.277 e. The quantitative estimate of drug-likeness (QED) is 0.197. The summed E-state index contributed by atoms with van der Waals surface area (Å²) in [6.07, 6.45) is 1.87. The second kappa shape index (κ2) is 11.2. The fourth-order valence-electron chi connectivity index (χ4n) is 6.80. The van der Waals surface area contributed by atoms with Gasteiger partial charge in [-0.15, -0.1) is 0 Å². The van der Waals surface area contributed by atoms with Crippen LogP contribution in [-0.2, 0) is 0 Å². The van der Waals surface area contributed by atoms with Gasteiger partial charge in [0.15, 0.2) is 0 Å². The fraction of sp³-hybridized carbons (Fsp3) is 0. The molecule has 0 saturated carbocycles. The highest BCUT2D eigenvalue weighted by Crippen LogP contribution is 2.37. The van der Waals surface area contributed by atoms with Crippen molar-refractivity contribution >= 4 is 32.6 Å². The molecule has 0 fully saturated rings. The van der Waals surface area contributed by atoms with E-state index in [0.717, 1.165) is 33.4 Å². The smallest absolute Gasteiger partial charge is 0.235 e. The minimum atomic E-state index is 0.660. The Morgan fingerprint density at radius 3 is 1.70 bits per heavy atom. The Balaban J connectivity index is 1.19. The highest BCUT2D eigenvalue weighted by Gasteiger charge is 2.17. The van der Waals surface area contributed by atoms with Crippen LogP contribution < -0.4 is 0 Å². The molecule has 0 unspecified atom stereocenters. The number of aromatic nitrogens is 3. The topological polar surface area (TPSA) is 30.7 Å². The zero-order valence-corrected chi connectivity index (χ0v) is 25.6. The minimum absolute atomic E-state index is 0.660. The van der Waals surface area contributed by atoms with Crippen LogP contribution in [0.4, 0.5) is 0 Å². The number of hydrogen-bond donors (Lipinski definition) is 0. The van der Waals surface area contributed by atoms with E-state index in [9.17, 15) is 0 Å². The van der Waals surface area contributed by atoms with E-state index in [1.165, 1.54) is 43.8 Å². The molecule has 9 rings (SSSR count). The van der Waals surface area contributed by atoms with Crippen molar-refractivity contribution in [2.75, 3.05) is 0 Å². The van der Waals surface area contributed by atoms with Crippen LogP contribution in [0.3, 0.4) is 0 Å². The average molecular weight is 600 g/mol. The molecule has 7 aromatic carbocycles. The van der Waals surface area contributed by atoms with E-state index in [4.69, 9.17) is 9.97 Å². The van der Waals surface area contributed by atoms with E-state index in [0.29, 0.717) is 5.95 Å². The Hall–Kier alpha value is -6.32. The van der Waals surface area contributed by atoms with Crippen molar-refractivity contribution in [2.45, 2.75) is 0 Å². The number of para-hydroxylation sites is 1. The second-order valence-electron chi connectivity index (χ2n) is 11.9. The molecule has 0 aliphatic heterocycles. The van der Waals surface area contributed by atoms with Crippen LogP contribution in [0.5, 0.6) is 0 Å². The predicted octanol–water partition coefficient (Wildman–Crippen LogP) is 11.4. The van der Waals surface area contributed by atoms with Gasteiger partial charge in [-0.2, -0.15) is 0 Å². The van der Waals surface area contributed by atoms with Crippen LogP contribution in [0.25, 0.3) is 83.2 Å². The van der Waals surface area contributed by atoms with E-state index >= 15 is 0 Å². The summed E-state index contributed by atoms with van der Waals surface area (Å²) < 4.78 is 2.22. The molecule has 3 nitrogen and oxygen atoms in total. The number of hydrogen-bond acceptors (Lipinski definition) is 2. The highest BCUT2D eigenvalue weighted by molar-refractivity contribution is 6.18. The van der Waals surface area contributed by atoms with Crippen LogP contribution >= 0.6 is 0 Å². The molecule has 2 aromatic heterocycles. The molecule has 0 aliphatic carbocycles. The maximum Gasteiger partial charge on any atom is 0.235 e. The molecule has 220 valence electrons. The molecular weight excluding hydrogens is 571 g/mol. The van der Waals surface area contributed by atoms with Crippen LogP contribution in [0.15, 0.2) is 176 Å². The van der Waals surface area contributed by atoms with Gasteiger partial charge < -0.3 is 0 Å². The lowest BCUT2D eigenvalue weighted by molar-refractivity contribution is 0.994. The number of benzene rings is 7.